The van der Waals surface area contributed by atoms with Gasteiger partial charge in [-0.1, -0.05) is 32.6 Å². The van der Waals surface area contributed by atoms with Crippen LogP contribution in [0.5, 0.6) is 0 Å². The molecule has 0 atom stereocenters. The van der Waals surface area contributed by atoms with Gasteiger partial charge in [0, 0.05) is 12.6 Å². The fourth-order valence-corrected chi connectivity index (χ4v) is 1.85. The van der Waals surface area contributed by atoms with Gasteiger partial charge in [-0.05, 0) is 19.3 Å². The molecule has 1 nitrogen and oxygen atoms in total. The number of nitrogens with zero attached hydrogens (tertiary/aromatic N) is 1. The smallest absolute Gasteiger partial charge is 0.0402 e. The fourth-order valence-electron chi connectivity index (χ4n) is 1.85. The van der Waals surface area contributed by atoms with Gasteiger partial charge < -0.3 is 0 Å². The van der Waals surface area contributed by atoms with E-state index in [9.17, 15) is 4.48 Å². The second-order valence-electron chi connectivity index (χ2n) is 3.77. The second-order valence-corrected chi connectivity index (χ2v) is 3.77. The van der Waals surface area contributed by atoms with Crippen molar-refractivity contribution in [1.82, 2.24) is 5.12 Å². The van der Waals surface area contributed by atoms with Crippen molar-refractivity contribution in [2.45, 2.75) is 57.9 Å². The molecule has 12 heavy (non-hydrogen) atoms. The summed E-state index contributed by atoms with van der Waals surface area (Å²) in [6.45, 7) is 2.75. The molecular weight excluding hydrogens is 153 g/mol. The molecule has 1 rings (SSSR count). The molecule has 0 spiro atoms. The zero-order valence-corrected chi connectivity index (χ0v) is 8.06. The van der Waals surface area contributed by atoms with Crippen molar-refractivity contribution < 1.29 is 4.48 Å². The number of unbranched alkanes of at least 4 members (excludes halogenated alkanes) is 1. The van der Waals surface area contributed by atoms with E-state index in [-0.39, 0.29) is 6.04 Å². The highest BCUT2D eigenvalue weighted by atomic mass is 19.2. The Hall–Kier alpha value is -0.110. The predicted octanol–water partition coefficient (Wildman–Crippen LogP) is 3.31. The van der Waals surface area contributed by atoms with Gasteiger partial charge in [0.05, 0.1) is 0 Å². The van der Waals surface area contributed by atoms with E-state index in [1.807, 2.05) is 0 Å². The van der Waals surface area contributed by atoms with Gasteiger partial charge in [0.15, 0.2) is 0 Å². The van der Waals surface area contributed by atoms with E-state index in [1.165, 1.54) is 19.3 Å². The minimum atomic E-state index is 0.241. The molecule has 0 heterocycles. The van der Waals surface area contributed by atoms with Crippen LogP contribution in [0.4, 0.5) is 4.48 Å². The first-order chi connectivity index (χ1) is 5.84. The second kappa shape index (κ2) is 5.52. The molecule has 0 aromatic rings. The predicted molar refractivity (Wildman–Crippen MR) is 49.6 cm³/mol. The maximum atomic E-state index is 13.3. The summed E-state index contributed by atoms with van der Waals surface area (Å²) in [6.07, 6.45) is 7.97. The Balaban J connectivity index is 2.15. The van der Waals surface area contributed by atoms with Crippen molar-refractivity contribution in [3.8, 4) is 0 Å². The van der Waals surface area contributed by atoms with Crippen LogP contribution in [0.2, 0.25) is 0 Å². The Morgan fingerprint density at radius 3 is 2.50 bits per heavy atom. The Labute approximate surface area is 74.9 Å². The van der Waals surface area contributed by atoms with Crippen LogP contribution in [0.1, 0.15) is 51.9 Å². The van der Waals surface area contributed by atoms with Crippen LogP contribution in [0.25, 0.3) is 0 Å². The van der Waals surface area contributed by atoms with Crippen LogP contribution in [-0.4, -0.2) is 17.7 Å². The van der Waals surface area contributed by atoms with E-state index in [0.29, 0.717) is 6.54 Å². The van der Waals surface area contributed by atoms with E-state index >= 15 is 0 Å². The van der Waals surface area contributed by atoms with Crippen molar-refractivity contribution in [1.29, 1.82) is 0 Å². The summed E-state index contributed by atoms with van der Waals surface area (Å²) >= 11 is 0. The molecule has 0 radical (unpaired) electrons. The van der Waals surface area contributed by atoms with E-state index in [4.69, 9.17) is 0 Å². The summed E-state index contributed by atoms with van der Waals surface area (Å²) in [6, 6.07) is 0.241. The standard InChI is InChI=1S/C10H20FN/c1-2-3-9-12(11)10-7-5-4-6-8-10/h10H,2-9H2,1H3. The number of hydrogen-bond acceptors (Lipinski definition) is 1. The van der Waals surface area contributed by atoms with Gasteiger partial charge in [-0.2, -0.15) is 0 Å². The van der Waals surface area contributed by atoms with Gasteiger partial charge in [-0.3, -0.25) is 0 Å². The Morgan fingerprint density at radius 2 is 1.92 bits per heavy atom. The quantitative estimate of drug-likeness (QED) is 0.589. The number of halogens is 1. The van der Waals surface area contributed by atoms with Gasteiger partial charge in [-0.25, -0.2) is 0 Å². The minimum absolute atomic E-state index is 0.241. The summed E-state index contributed by atoms with van der Waals surface area (Å²) < 4.78 is 13.3. The van der Waals surface area contributed by atoms with E-state index in [0.717, 1.165) is 30.8 Å². The number of hydrogen-bond donors (Lipinski definition) is 0. The zero-order chi connectivity index (χ0) is 8.81. The summed E-state index contributed by atoms with van der Waals surface area (Å²) in [5, 5.41) is 1.07. The average molecular weight is 173 g/mol. The van der Waals surface area contributed by atoms with Crippen LogP contribution < -0.4 is 0 Å². The summed E-state index contributed by atoms with van der Waals surface area (Å²) in [5.74, 6) is 0. The molecule has 1 aliphatic carbocycles. The lowest BCUT2D eigenvalue weighted by molar-refractivity contribution is -0.0365. The van der Waals surface area contributed by atoms with Crippen LogP contribution in [0.3, 0.4) is 0 Å². The lowest BCUT2D eigenvalue weighted by Gasteiger charge is -2.26. The molecule has 2 heteroatoms. The van der Waals surface area contributed by atoms with Crippen LogP contribution in [-0.2, 0) is 0 Å². The SMILES string of the molecule is CCCCN(F)C1CCCCC1. The molecule has 0 aliphatic heterocycles. The van der Waals surface area contributed by atoms with Crippen molar-refractivity contribution in [3.05, 3.63) is 0 Å². The van der Waals surface area contributed by atoms with Crippen molar-refractivity contribution >= 4 is 0 Å². The zero-order valence-electron chi connectivity index (χ0n) is 8.06. The third-order valence-electron chi connectivity index (χ3n) is 2.70. The Morgan fingerprint density at radius 1 is 1.25 bits per heavy atom. The van der Waals surface area contributed by atoms with E-state index in [1.54, 1.807) is 0 Å². The minimum Gasteiger partial charge on any atom is -0.143 e. The van der Waals surface area contributed by atoms with Crippen LogP contribution in [0.15, 0.2) is 0 Å². The molecule has 0 aromatic heterocycles. The molecule has 0 aromatic carbocycles. The maximum absolute atomic E-state index is 13.3. The molecule has 72 valence electrons. The first-order valence-corrected chi connectivity index (χ1v) is 5.27. The monoisotopic (exact) mass is 173 g/mol. The molecule has 1 fully saturated rings. The molecule has 0 saturated heterocycles. The third kappa shape index (κ3) is 3.10. The first kappa shape index (κ1) is 9.97. The Bertz CT molecular complexity index is 110. The highest BCUT2D eigenvalue weighted by molar-refractivity contribution is 4.70. The summed E-state index contributed by atoms with van der Waals surface area (Å²) in [7, 11) is 0. The van der Waals surface area contributed by atoms with Crippen molar-refractivity contribution in [2.75, 3.05) is 6.54 Å². The lowest BCUT2D eigenvalue weighted by atomic mass is 9.95. The molecule has 0 amide bonds. The van der Waals surface area contributed by atoms with Gasteiger partial charge >= 0.3 is 0 Å². The highest BCUT2D eigenvalue weighted by Crippen LogP contribution is 2.22. The van der Waals surface area contributed by atoms with Crippen LogP contribution >= 0.6 is 0 Å². The highest BCUT2D eigenvalue weighted by Gasteiger charge is 2.19. The normalized spacial score (nSPS) is 20.2. The average Bonchev–Trinajstić information content (AvgIpc) is 2.15. The summed E-state index contributed by atoms with van der Waals surface area (Å²) in [4.78, 5) is 0. The topological polar surface area (TPSA) is 3.24 Å². The van der Waals surface area contributed by atoms with Gasteiger partial charge in [-0.15, -0.1) is 9.60 Å². The number of rotatable bonds is 4. The maximum Gasteiger partial charge on any atom is 0.0402 e. The van der Waals surface area contributed by atoms with Crippen molar-refractivity contribution in [3.63, 3.8) is 0 Å². The van der Waals surface area contributed by atoms with Gasteiger partial charge in [0.25, 0.3) is 0 Å². The Kier molecular flexibility index (Phi) is 4.59. The van der Waals surface area contributed by atoms with Gasteiger partial charge in [0.2, 0.25) is 0 Å². The largest absolute Gasteiger partial charge is 0.143 e. The summed E-state index contributed by atoms with van der Waals surface area (Å²) in [5.41, 5.74) is 0. The molecule has 1 aliphatic rings. The molecular formula is C10H20FN. The molecule has 1 saturated carbocycles. The molecule has 0 unspecified atom stereocenters. The first-order valence-electron chi connectivity index (χ1n) is 5.27. The van der Waals surface area contributed by atoms with Crippen LogP contribution in [0, 0.1) is 0 Å². The molecule has 0 N–H and O–H groups in total. The lowest BCUT2D eigenvalue weighted by Crippen LogP contribution is -2.30. The molecule has 0 bridgehead atoms. The van der Waals surface area contributed by atoms with E-state index < -0.39 is 0 Å². The van der Waals surface area contributed by atoms with E-state index in [2.05, 4.69) is 6.92 Å². The third-order valence-corrected chi connectivity index (χ3v) is 2.70. The van der Waals surface area contributed by atoms with Crippen molar-refractivity contribution in [2.24, 2.45) is 0 Å². The fraction of sp³-hybridized carbons (Fsp3) is 1.00. The van der Waals surface area contributed by atoms with Gasteiger partial charge in [0.1, 0.15) is 0 Å².